The average Bonchev–Trinajstić information content (AvgIpc) is 2.75. The number of rotatable bonds is 4. The van der Waals surface area contributed by atoms with Gasteiger partial charge in [0.15, 0.2) is 0 Å². The topological polar surface area (TPSA) is 46.9 Å². The van der Waals surface area contributed by atoms with Crippen LogP contribution in [0.15, 0.2) is 41.4 Å². The molecular weight excluding hydrogens is 246 g/mol. The summed E-state index contributed by atoms with van der Waals surface area (Å²) in [4.78, 5) is 12.6. The number of nitrogens with one attached hydrogen (secondary N) is 1. The summed E-state index contributed by atoms with van der Waals surface area (Å²) in [6, 6.07) is 9.20. The number of carbonyl (C=O) groups excluding carboxylic acids is 1. The maximum absolute atomic E-state index is 11.9. The molecule has 0 fully saturated rings. The molecular formula is C13H15N3OS. The van der Waals surface area contributed by atoms with Gasteiger partial charge in [-0.1, -0.05) is 12.1 Å². The molecule has 2 aromatic rings. The largest absolute Gasteiger partial charge is 0.352 e. The van der Waals surface area contributed by atoms with Gasteiger partial charge in [-0.3, -0.25) is 9.48 Å². The quantitative estimate of drug-likeness (QED) is 0.823. The second kappa shape index (κ2) is 5.73. The standard InChI is InChI=1S/C13H15N3OS/c1-16-10(7-9-15-16)6-8-14-13(17)11-4-2-3-5-12(11)18/h2-5,7,9,18H,6,8H2,1H3,(H,14,17). The maximum Gasteiger partial charge on any atom is 0.252 e. The molecule has 1 amide bonds. The summed E-state index contributed by atoms with van der Waals surface area (Å²) in [5, 5.41) is 6.95. The summed E-state index contributed by atoms with van der Waals surface area (Å²) in [5.74, 6) is -0.0947. The lowest BCUT2D eigenvalue weighted by atomic mass is 10.2. The van der Waals surface area contributed by atoms with E-state index >= 15 is 0 Å². The summed E-state index contributed by atoms with van der Waals surface area (Å²) < 4.78 is 1.80. The van der Waals surface area contributed by atoms with E-state index in [4.69, 9.17) is 0 Å². The predicted octanol–water partition coefficient (Wildman–Crippen LogP) is 1.68. The first-order chi connectivity index (χ1) is 8.68. The van der Waals surface area contributed by atoms with Crippen molar-refractivity contribution in [2.45, 2.75) is 11.3 Å². The van der Waals surface area contributed by atoms with Gasteiger partial charge in [-0.2, -0.15) is 5.10 Å². The molecule has 0 unspecified atom stereocenters. The molecule has 1 aromatic heterocycles. The van der Waals surface area contributed by atoms with E-state index in [1.54, 1.807) is 23.0 Å². The van der Waals surface area contributed by atoms with Gasteiger partial charge < -0.3 is 5.32 Å². The molecule has 18 heavy (non-hydrogen) atoms. The van der Waals surface area contributed by atoms with Crippen LogP contribution in [0.2, 0.25) is 0 Å². The second-order valence-electron chi connectivity index (χ2n) is 3.97. The first-order valence-electron chi connectivity index (χ1n) is 5.71. The molecule has 94 valence electrons. The lowest BCUT2D eigenvalue weighted by molar-refractivity contribution is 0.0951. The monoisotopic (exact) mass is 261 g/mol. The number of hydrogen-bond acceptors (Lipinski definition) is 3. The average molecular weight is 261 g/mol. The number of aromatic nitrogens is 2. The van der Waals surface area contributed by atoms with Gasteiger partial charge in [0.05, 0.1) is 5.56 Å². The number of amides is 1. The zero-order valence-electron chi connectivity index (χ0n) is 10.1. The van der Waals surface area contributed by atoms with Crippen molar-refractivity contribution in [3.63, 3.8) is 0 Å². The van der Waals surface area contributed by atoms with Crippen LogP contribution in [0.25, 0.3) is 0 Å². The minimum Gasteiger partial charge on any atom is -0.352 e. The molecule has 2 rings (SSSR count). The third-order valence-corrected chi connectivity index (χ3v) is 3.13. The number of thiol groups is 1. The molecule has 1 heterocycles. The van der Waals surface area contributed by atoms with Gasteiger partial charge in [0.2, 0.25) is 0 Å². The molecule has 4 nitrogen and oxygen atoms in total. The molecule has 0 saturated carbocycles. The summed E-state index contributed by atoms with van der Waals surface area (Å²) in [5.41, 5.74) is 1.69. The number of carbonyl (C=O) groups is 1. The summed E-state index contributed by atoms with van der Waals surface area (Å²) in [6.45, 7) is 0.584. The molecule has 0 aliphatic heterocycles. The highest BCUT2D eigenvalue weighted by atomic mass is 32.1. The van der Waals surface area contributed by atoms with E-state index in [0.717, 1.165) is 12.1 Å². The van der Waals surface area contributed by atoms with Crippen LogP contribution >= 0.6 is 12.6 Å². The van der Waals surface area contributed by atoms with Crippen LogP contribution in [-0.2, 0) is 13.5 Å². The van der Waals surface area contributed by atoms with Crippen molar-refractivity contribution in [1.82, 2.24) is 15.1 Å². The van der Waals surface area contributed by atoms with Crippen LogP contribution in [0.3, 0.4) is 0 Å². The Balaban J connectivity index is 1.90. The highest BCUT2D eigenvalue weighted by Gasteiger charge is 2.08. The van der Waals surface area contributed by atoms with Gasteiger partial charge in [-0.05, 0) is 18.2 Å². The molecule has 5 heteroatoms. The fourth-order valence-corrected chi connectivity index (χ4v) is 1.97. The first kappa shape index (κ1) is 12.7. The van der Waals surface area contributed by atoms with E-state index in [2.05, 4.69) is 23.0 Å². The maximum atomic E-state index is 11.9. The fourth-order valence-electron chi connectivity index (χ4n) is 1.71. The van der Waals surface area contributed by atoms with Crippen LogP contribution in [0.5, 0.6) is 0 Å². The Labute approximate surface area is 111 Å². The van der Waals surface area contributed by atoms with Crippen LogP contribution in [0, 0.1) is 0 Å². The third-order valence-electron chi connectivity index (χ3n) is 2.74. The third kappa shape index (κ3) is 2.92. The van der Waals surface area contributed by atoms with Gasteiger partial charge in [0, 0.05) is 36.8 Å². The minimum absolute atomic E-state index is 0.0947. The zero-order chi connectivity index (χ0) is 13.0. The second-order valence-corrected chi connectivity index (χ2v) is 4.45. The van der Waals surface area contributed by atoms with Crippen molar-refractivity contribution in [2.24, 2.45) is 7.05 Å². The SMILES string of the molecule is Cn1nccc1CCNC(=O)c1ccccc1S. The van der Waals surface area contributed by atoms with E-state index in [9.17, 15) is 4.79 Å². The number of aryl methyl sites for hydroxylation is 1. The first-order valence-corrected chi connectivity index (χ1v) is 6.16. The summed E-state index contributed by atoms with van der Waals surface area (Å²) >= 11 is 4.26. The van der Waals surface area contributed by atoms with Crippen LogP contribution in [0.1, 0.15) is 16.1 Å². The van der Waals surface area contributed by atoms with Gasteiger partial charge in [0.1, 0.15) is 0 Å². The summed E-state index contributed by atoms with van der Waals surface area (Å²) in [6.07, 6.45) is 2.51. The van der Waals surface area contributed by atoms with Crippen molar-refractivity contribution in [3.05, 3.63) is 47.8 Å². The molecule has 0 saturated heterocycles. The van der Waals surface area contributed by atoms with E-state index in [-0.39, 0.29) is 5.91 Å². The number of nitrogens with zero attached hydrogens (tertiary/aromatic N) is 2. The zero-order valence-corrected chi connectivity index (χ0v) is 11.0. The Morgan fingerprint density at radius 2 is 2.17 bits per heavy atom. The Morgan fingerprint density at radius 3 is 2.83 bits per heavy atom. The minimum atomic E-state index is -0.0947. The van der Waals surface area contributed by atoms with E-state index in [1.165, 1.54) is 0 Å². The van der Waals surface area contributed by atoms with Crippen molar-refractivity contribution >= 4 is 18.5 Å². The van der Waals surface area contributed by atoms with Crippen molar-refractivity contribution in [3.8, 4) is 0 Å². The van der Waals surface area contributed by atoms with Gasteiger partial charge in [-0.25, -0.2) is 0 Å². The molecule has 1 aromatic carbocycles. The predicted molar refractivity (Wildman–Crippen MR) is 72.9 cm³/mol. The summed E-state index contributed by atoms with van der Waals surface area (Å²) in [7, 11) is 1.89. The molecule has 0 aliphatic rings. The van der Waals surface area contributed by atoms with Gasteiger partial charge in [0.25, 0.3) is 5.91 Å². The fraction of sp³-hybridized carbons (Fsp3) is 0.231. The normalized spacial score (nSPS) is 10.3. The Hall–Kier alpha value is -1.75. The van der Waals surface area contributed by atoms with Crippen LogP contribution in [0.4, 0.5) is 0 Å². The van der Waals surface area contributed by atoms with Gasteiger partial charge in [-0.15, -0.1) is 12.6 Å². The van der Waals surface area contributed by atoms with Crippen LogP contribution in [-0.4, -0.2) is 22.2 Å². The molecule has 0 atom stereocenters. The molecule has 0 bridgehead atoms. The Kier molecular flexibility index (Phi) is 4.04. The Morgan fingerprint density at radius 1 is 1.39 bits per heavy atom. The Bertz CT molecular complexity index is 551. The highest BCUT2D eigenvalue weighted by molar-refractivity contribution is 7.80. The molecule has 0 aliphatic carbocycles. The van der Waals surface area contributed by atoms with Crippen molar-refractivity contribution < 1.29 is 4.79 Å². The van der Waals surface area contributed by atoms with Crippen molar-refractivity contribution in [2.75, 3.05) is 6.54 Å². The molecule has 1 N–H and O–H groups in total. The van der Waals surface area contributed by atoms with Crippen LogP contribution < -0.4 is 5.32 Å². The lowest BCUT2D eigenvalue weighted by Gasteiger charge is -2.07. The number of benzene rings is 1. The van der Waals surface area contributed by atoms with E-state index in [0.29, 0.717) is 17.0 Å². The molecule has 0 radical (unpaired) electrons. The smallest absolute Gasteiger partial charge is 0.252 e. The van der Waals surface area contributed by atoms with Crippen molar-refractivity contribution in [1.29, 1.82) is 0 Å². The van der Waals surface area contributed by atoms with E-state index in [1.807, 2.05) is 25.2 Å². The molecule has 0 spiro atoms. The number of hydrogen-bond donors (Lipinski definition) is 2. The van der Waals surface area contributed by atoms with E-state index < -0.39 is 0 Å². The lowest BCUT2D eigenvalue weighted by Crippen LogP contribution is -2.26. The highest BCUT2D eigenvalue weighted by Crippen LogP contribution is 2.12. The van der Waals surface area contributed by atoms with Gasteiger partial charge >= 0.3 is 0 Å².